The van der Waals surface area contributed by atoms with Crippen LogP contribution in [-0.4, -0.2) is 37.6 Å². The number of rotatable bonds is 5. The monoisotopic (exact) mass is 293 g/mol. The third-order valence-electron chi connectivity index (χ3n) is 3.59. The average molecular weight is 293 g/mol. The third-order valence-corrected chi connectivity index (χ3v) is 3.59. The number of nitro benzene ring substituents is 1. The lowest BCUT2D eigenvalue weighted by Crippen LogP contribution is -2.38. The summed E-state index contributed by atoms with van der Waals surface area (Å²) in [6, 6.07) is 4.33. The van der Waals surface area contributed by atoms with E-state index < -0.39 is 4.92 Å². The quantitative estimate of drug-likeness (QED) is 0.631. The van der Waals surface area contributed by atoms with Crippen LogP contribution in [0.1, 0.15) is 23.2 Å². The SMILES string of the molecule is COc1c(C(=O)NCC2CCCNC2)cccc1[N+](=O)[O-]. The maximum absolute atomic E-state index is 12.2. The van der Waals surface area contributed by atoms with Gasteiger partial charge in [0.15, 0.2) is 0 Å². The minimum absolute atomic E-state index is 0.00164. The number of benzene rings is 1. The van der Waals surface area contributed by atoms with Crippen molar-refractivity contribution < 1.29 is 14.5 Å². The highest BCUT2D eigenvalue weighted by Gasteiger charge is 2.23. The summed E-state index contributed by atoms with van der Waals surface area (Å²) in [5.41, 5.74) is -0.0139. The van der Waals surface area contributed by atoms with Gasteiger partial charge >= 0.3 is 5.69 Å². The van der Waals surface area contributed by atoms with Crippen LogP contribution in [0.15, 0.2) is 18.2 Å². The van der Waals surface area contributed by atoms with Gasteiger partial charge in [-0.3, -0.25) is 14.9 Å². The van der Waals surface area contributed by atoms with Crippen molar-refractivity contribution >= 4 is 11.6 Å². The third kappa shape index (κ3) is 3.69. The number of nitrogens with one attached hydrogen (secondary N) is 2. The molecule has 1 aliphatic rings. The van der Waals surface area contributed by atoms with Gasteiger partial charge in [-0.05, 0) is 37.9 Å². The van der Waals surface area contributed by atoms with Gasteiger partial charge in [0.1, 0.15) is 0 Å². The maximum atomic E-state index is 12.2. The lowest BCUT2D eigenvalue weighted by molar-refractivity contribution is -0.385. The Balaban J connectivity index is 2.07. The fraction of sp³-hybridized carbons (Fsp3) is 0.500. The molecule has 21 heavy (non-hydrogen) atoms. The second kappa shape index (κ2) is 7.03. The van der Waals surface area contributed by atoms with E-state index in [4.69, 9.17) is 4.74 Å². The number of carbonyl (C=O) groups is 1. The van der Waals surface area contributed by atoms with Crippen molar-refractivity contribution in [1.29, 1.82) is 0 Å². The van der Waals surface area contributed by atoms with Crippen molar-refractivity contribution in [2.45, 2.75) is 12.8 Å². The molecule has 0 radical (unpaired) electrons. The molecule has 0 bridgehead atoms. The smallest absolute Gasteiger partial charge is 0.311 e. The number of nitrogens with zero attached hydrogens (tertiary/aromatic N) is 1. The summed E-state index contributed by atoms with van der Waals surface area (Å²) < 4.78 is 5.04. The molecule has 114 valence electrons. The Labute approximate surface area is 122 Å². The van der Waals surface area contributed by atoms with Crippen molar-refractivity contribution in [3.63, 3.8) is 0 Å². The summed E-state index contributed by atoms with van der Waals surface area (Å²) >= 11 is 0. The first-order chi connectivity index (χ1) is 10.1. The van der Waals surface area contributed by atoms with Crippen LogP contribution in [0, 0.1) is 16.0 Å². The van der Waals surface area contributed by atoms with Gasteiger partial charge in [-0.2, -0.15) is 0 Å². The fourth-order valence-corrected chi connectivity index (χ4v) is 2.49. The van der Waals surface area contributed by atoms with Gasteiger partial charge in [-0.1, -0.05) is 6.07 Å². The van der Waals surface area contributed by atoms with Crippen LogP contribution in [0.5, 0.6) is 5.75 Å². The summed E-state index contributed by atoms with van der Waals surface area (Å²) in [4.78, 5) is 22.6. The molecule has 1 unspecified atom stereocenters. The van der Waals surface area contributed by atoms with Crippen molar-refractivity contribution in [3.8, 4) is 5.75 Å². The molecule has 0 spiro atoms. The molecule has 1 heterocycles. The first-order valence-corrected chi connectivity index (χ1v) is 6.93. The van der Waals surface area contributed by atoms with E-state index in [1.165, 1.54) is 25.3 Å². The Morgan fingerprint density at radius 2 is 2.38 bits per heavy atom. The number of amides is 1. The van der Waals surface area contributed by atoms with Crippen LogP contribution in [0.3, 0.4) is 0 Å². The van der Waals surface area contributed by atoms with Crippen LogP contribution in [0.4, 0.5) is 5.69 Å². The molecule has 1 fully saturated rings. The first-order valence-electron chi connectivity index (χ1n) is 6.93. The second-order valence-electron chi connectivity index (χ2n) is 5.04. The summed E-state index contributed by atoms with van der Waals surface area (Å²) in [5, 5.41) is 17.1. The topological polar surface area (TPSA) is 93.5 Å². The van der Waals surface area contributed by atoms with Gasteiger partial charge in [0.2, 0.25) is 5.75 Å². The first kappa shape index (κ1) is 15.2. The minimum Gasteiger partial charge on any atom is -0.490 e. The lowest BCUT2D eigenvalue weighted by atomic mass is 9.99. The summed E-state index contributed by atoms with van der Waals surface area (Å²) in [5.74, 6) is 0.0512. The summed E-state index contributed by atoms with van der Waals surface area (Å²) in [6.07, 6.45) is 2.17. The Morgan fingerprint density at radius 1 is 1.57 bits per heavy atom. The van der Waals surface area contributed by atoms with Gasteiger partial charge in [0.05, 0.1) is 17.6 Å². The molecule has 7 heteroatoms. The molecule has 2 N–H and O–H groups in total. The number of hydrogen-bond donors (Lipinski definition) is 2. The predicted octanol–water partition coefficient (Wildman–Crippen LogP) is 1.33. The molecule has 1 atom stereocenters. The number of para-hydroxylation sites is 1. The van der Waals surface area contributed by atoms with Crippen LogP contribution >= 0.6 is 0 Å². The Bertz CT molecular complexity index is 527. The Morgan fingerprint density at radius 3 is 3.00 bits per heavy atom. The van der Waals surface area contributed by atoms with Gasteiger partial charge in [-0.25, -0.2) is 0 Å². The van der Waals surface area contributed by atoms with Gasteiger partial charge in [0, 0.05) is 12.6 Å². The van der Waals surface area contributed by atoms with Crippen LogP contribution < -0.4 is 15.4 Å². The molecule has 0 aromatic heterocycles. The molecular weight excluding hydrogens is 274 g/mol. The summed E-state index contributed by atoms with van der Waals surface area (Å²) in [7, 11) is 1.32. The molecule has 1 aliphatic heterocycles. The number of hydrogen-bond acceptors (Lipinski definition) is 5. The van der Waals surface area contributed by atoms with Crippen LogP contribution in [0.2, 0.25) is 0 Å². The molecule has 2 rings (SSSR count). The zero-order valence-corrected chi connectivity index (χ0v) is 11.9. The van der Waals surface area contributed by atoms with E-state index in [1.54, 1.807) is 0 Å². The van der Waals surface area contributed by atoms with E-state index in [9.17, 15) is 14.9 Å². The van der Waals surface area contributed by atoms with E-state index in [0.29, 0.717) is 12.5 Å². The molecule has 7 nitrogen and oxygen atoms in total. The van der Waals surface area contributed by atoms with Gasteiger partial charge in [0.25, 0.3) is 5.91 Å². The van der Waals surface area contributed by atoms with E-state index in [1.807, 2.05) is 0 Å². The van der Waals surface area contributed by atoms with Crippen molar-refractivity contribution in [1.82, 2.24) is 10.6 Å². The maximum Gasteiger partial charge on any atom is 0.311 e. The number of piperidine rings is 1. The number of methoxy groups -OCH3 is 1. The van der Waals surface area contributed by atoms with E-state index in [0.717, 1.165) is 25.9 Å². The standard InChI is InChI=1S/C14H19N3O4/c1-21-13-11(5-2-6-12(13)17(19)20)14(18)16-9-10-4-3-7-15-8-10/h2,5-6,10,15H,3-4,7-9H2,1H3,(H,16,18). The highest BCUT2D eigenvalue weighted by atomic mass is 16.6. The number of carbonyl (C=O) groups excluding carboxylic acids is 1. The number of ether oxygens (including phenoxy) is 1. The Kier molecular flexibility index (Phi) is 5.10. The van der Waals surface area contributed by atoms with Crippen LogP contribution in [-0.2, 0) is 0 Å². The highest BCUT2D eigenvalue weighted by molar-refractivity contribution is 5.98. The van der Waals surface area contributed by atoms with Crippen LogP contribution in [0.25, 0.3) is 0 Å². The van der Waals surface area contributed by atoms with Crippen molar-refractivity contribution in [2.24, 2.45) is 5.92 Å². The van der Waals surface area contributed by atoms with E-state index in [2.05, 4.69) is 10.6 Å². The zero-order chi connectivity index (χ0) is 15.2. The molecule has 1 aromatic rings. The minimum atomic E-state index is -0.555. The molecule has 1 amide bonds. The Hall–Kier alpha value is -2.15. The molecule has 1 saturated heterocycles. The predicted molar refractivity (Wildman–Crippen MR) is 77.6 cm³/mol. The summed E-state index contributed by atoms with van der Waals surface area (Å²) in [6.45, 7) is 2.45. The van der Waals surface area contributed by atoms with Gasteiger partial charge < -0.3 is 15.4 Å². The molecular formula is C14H19N3O4. The second-order valence-corrected chi connectivity index (χ2v) is 5.04. The lowest BCUT2D eigenvalue weighted by Gasteiger charge is -2.23. The van der Waals surface area contributed by atoms with Gasteiger partial charge in [-0.15, -0.1) is 0 Å². The van der Waals surface area contributed by atoms with Crippen molar-refractivity contribution in [3.05, 3.63) is 33.9 Å². The normalized spacial score (nSPS) is 18.0. The molecule has 0 aliphatic carbocycles. The molecule has 0 saturated carbocycles. The zero-order valence-electron chi connectivity index (χ0n) is 11.9. The number of nitro groups is 1. The highest BCUT2D eigenvalue weighted by Crippen LogP contribution is 2.30. The molecule has 1 aromatic carbocycles. The average Bonchev–Trinajstić information content (AvgIpc) is 2.52. The fourth-order valence-electron chi connectivity index (χ4n) is 2.49. The largest absolute Gasteiger partial charge is 0.490 e. The van der Waals surface area contributed by atoms with E-state index >= 15 is 0 Å². The van der Waals surface area contributed by atoms with E-state index in [-0.39, 0.29) is 22.9 Å². The van der Waals surface area contributed by atoms with Crippen molar-refractivity contribution in [2.75, 3.05) is 26.7 Å².